The van der Waals surface area contributed by atoms with Crippen LogP contribution in [0.15, 0.2) is 102 Å². The van der Waals surface area contributed by atoms with Crippen LogP contribution in [0.4, 0.5) is 0 Å². The van der Waals surface area contributed by atoms with E-state index in [4.69, 9.17) is 14.6 Å². The Morgan fingerprint density at radius 3 is 2.36 bits per heavy atom. The smallest absolute Gasteiger partial charge is 0.303 e. The molecule has 3 N–H and O–H groups in total. The van der Waals surface area contributed by atoms with E-state index in [-0.39, 0.29) is 31.1 Å². The number of aliphatic hydroxyl groups excluding tert-OH is 1. The van der Waals surface area contributed by atoms with E-state index in [1.165, 1.54) is 0 Å². The number of carbonyl (C=O) groups excluding carboxylic acids is 1. The second-order valence-electron chi connectivity index (χ2n) is 11.0. The number of thioether (sulfide) groups is 1. The van der Waals surface area contributed by atoms with E-state index in [2.05, 4.69) is 28.5 Å². The van der Waals surface area contributed by atoms with Crippen molar-refractivity contribution in [2.45, 2.75) is 68.8 Å². The number of amides is 1. The van der Waals surface area contributed by atoms with E-state index in [1.54, 1.807) is 18.0 Å². The molecule has 1 saturated heterocycles. The molecule has 9 heteroatoms. The summed E-state index contributed by atoms with van der Waals surface area (Å²) in [4.78, 5) is 27.3. The number of nitrogens with zero attached hydrogens (tertiary/aromatic N) is 1. The van der Waals surface area contributed by atoms with Gasteiger partial charge in [-0.05, 0) is 58.9 Å². The van der Waals surface area contributed by atoms with Gasteiger partial charge in [-0.15, -0.1) is 11.8 Å². The van der Waals surface area contributed by atoms with E-state index >= 15 is 0 Å². The Morgan fingerprint density at radius 2 is 1.62 bits per heavy atom. The predicted molar refractivity (Wildman–Crippen MR) is 173 cm³/mol. The molecular formula is C36H38N2O6S. The fourth-order valence-corrected chi connectivity index (χ4v) is 6.06. The molecule has 234 valence electrons. The van der Waals surface area contributed by atoms with Crippen molar-refractivity contribution in [1.82, 2.24) is 10.3 Å². The molecule has 1 amide bonds. The first-order chi connectivity index (χ1) is 22.0. The standard InChI is InChI=1S/C36H38N2O6S/c39-23-25-11-13-28(14-12-25)32-21-31(24-45-34-9-3-4-19-37-34)43-36(44-32)29-17-15-27(16-18-29)30-7-5-6-26(20-30)22-38-33(40)8-1-2-10-35(41)42/h3-7,9,11-20,31-32,36,39H,1-2,8,10,21-24H2,(H,38,40)(H,41,42)/t31-,32+,36+/m0/s1. The number of pyridine rings is 1. The first kappa shape index (κ1) is 32.4. The highest BCUT2D eigenvalue weighted by Crippen LogP contribution is 2.39. The molecule has 0 bridgehead atoms. The molecule has 1 aromatic heterocycles. The highest BCUT2D eigenvalue weighted by Gasteiger charge is 2.32. The molecule has 0 unspecified atom stereocenters. The lowest BCUT2D eigenvalue weighted by molar-refractivity contribution is -0.245. The van der Waals surface area contributed by atoms with E-state index in [0.717, 1.165) is 44.2 Å². The molecule has 1 aliphatic rings. The summed E-state index contributed by atoms with van der Waals surface area (Å²) < 4.78 is 13.0. The van der Waals surface area contributed by atoms with Crippen LogP contribution in [0, 0.1) is 0 Å². The maximum absolute atomic E-state index is 12.2. The fourth-order valence-electron chi connectivity index (χ4n) is 5.18. The number of aliphatic carboxylic acids is 1. The third-order valence-electron chi connectivity index (χ3n) is 7.65. The lowest BCUT2D eigenvalue weighted by atomic mass is 9.99. The molecule has 45 heavy (non-hydrogen) atoms. The van der Waals surface area contributed by atoms with Crippen molar-refractivity contribution in [2.75, 3.05) is 5.75 Å². The van der Waals surface area contributed by atoms with E-state index in [1.807, 2.05) is 72.8 Å². The first-order valence-corrected chi connectivity index (χ1v) is 16.2. The molecule has 5 rings (SSSR count). The van der Waals surface area contributed by atoms with Crippen LogP contribution in [0.25, 0.3) is 11.1 Å². The Bertz CT molecular complexity index is 1530. The van der Waals surface area contributed by atoms with Gasteiger partial charge in [0.05, 0.1) is 23.8 Å². The molecule has 3 atom stereocenters. The topological polar surface area (TPSA) is 118 Å². The number of aromatic nitrogens is 1. The average molecular weight is 627 g/mol. The summed E-state index contributed by atoms with van der Waals surface area (Å²) in [7, 11) is 0. The minimum Gasteiger partial charge on any atom is -0.481 e. The maximum Gasteiger partial charge on any atom is 0.303 e. The van der Waals surface area contributed by atoms with Gasteiger partial charge in [0, 0.05) is 43.3 Å². The van der Waals surface area contributed by atoms with Gasteiger partial charge in [-0.1, -0.05) is 72.8 Å². The Labute approximate surface area is 267 Å². The Balaban J connectivity index is 1.24. The lowest BCUT2D eigenvalue weighted by Gasteiger charge is -2.36. The van der Waals surface area contributed by atoms with E-state index in [0.29, 0.717) is 32.2 Å². The third-order valence-corrected chi connectivity index (χ3v) is 8.72. The number of hydrogen-bond acceptors (Lipinski definition) is 7. The van der Waals surface area contributed by atoms with Crippen molar-refractivity contribution in [1.29, 1.82) is 0 Å². The van der Waals surface area contributed by atoms with E-state index in [9.17, 15) is 14.7 Å². The molecule has 0 radical (unpaired) electrons. The molecule has 1 fully saturated rings. The van der Waals surface area contributed by atoms with Crippen molar-refractivity contribution < 1.29 is 29.3 Å². The van der Waals surface area contributed by atoms with Crippen LogP contribution >= 0.6 is 11.8 Å². The zero-order valence-electron chi connectivity index (χ0n) is 25.0. The highest BCUT2D eigenvalue weighted by molar-refractivity contribution is 7.99. The first-order valence-electron chi connectivity index (χ1n) is 15.2. The van der Waals surface area contributed by atoms with Crippen LogP contribution in [0.3, 0.4) is 0 Å². The van der Waals surface area contributed by atoms with Gasteiger partial charge in [0.25, 0.3) is 0 Å². The van der Waals surface area contributed by atoms with E-state index < -0.39 is 12.3 Å². The van der Waals surface area contributed by atoms with Gasteiger partial charge in [0.1, 0.15) is 0 Å². The number of ether oxygens (including phenoxy) is 2. The molecule has 0 saturated carbocycles. The van der Waals surface area contributed by atoms with Gasteiger partial charge >= 0.3 is 5.97 Å². The van der Waals surface area contributed by atoms with Gasteiger partial charge in [-0.2, -0.15) is 0 Å². The van der Waals surface area contributed by atoms with Gasteiger partial charge in [-0.3, -0.25) is 9.59 Å². The largest absolute Gasteiger partial charge is 0.481 e. The molecule has 4 aromatic rings. The Hall–Kier alpha value is -4.02. The molecule has 0 aliphatic carbocycles. The quantitative estimate of drug-likeness (QED) is 0.103. The van der Waals surface area contributed by atoms with Crippen LogP contribution in [-0.4, -0.2) is 38.9 Å². The summed E-state index contributed by atoms with van der Waals surface area (Å²) in [5.41, 5.74) is 5.89. The van der Waals surface area contributed by atoms with Gasteiger partial charge in [0.2, 0.25) is 5.91 Å². The monoisotopic (exact) mass is 626 g/mol. The SMILES string of the molecule is O=C(O)CCCCC(=O)NCc1cccc(-c2ccc([C@@H]3O[C@H](CSc4ccccn4)C[C@H](c4ccc(CO)cc4)O3)cc2)c1. The Morgan fingerprint density at radius 1 is 0.844 bits per heavy atom. The summed E-state index contributed by atoms with van der Waals surface area (Å²) in [5.74, 6) is -0.179. The van der Waals surface area contributed by atoms with Crippen LogP contribution in [0.2, 0.25) is 0 Å². The number of hydrogen-bond donors (Lipinski definition) is 3. The second kappa shape index (κ2) is 16.3. The summed E-state index contributed by atoms with van der Waals surface area (Å²) in [6.45, 7) is 0.410. The van der Waals surface area contributed by atoms with Gasteiger partial charge < -0.3 is 25.0 Å². The van der Waals surface area contributed by atoms with Crippen LogP contribution in [0.1, 0.15) is 66.8 Å². The third kappa shape index (κ3) is 9.73. The zero-order valence-corrected chi connectivity index (χ0v) is 25.8. The number of carboxylic acid groups (broad SMARTS) is 1. The minimum absolute atomic E-state index is 0.000948. The number of unbranched alkanes of at least 4 members (excludes halogenated alkanes) is 1. The molecular weight excluding hydrogens is 588 g/mol. The summed E-state index contributed by atoms with van der Waals surface area (Å²) in [5, 5.41) is 22.1. The van der Waals surface area contributed by atoms with Crippen LogP contribution in [0.5, 0.6) is 0 Å². The van der Waals surface area contributed by atoms with Crippen LogP contribution in [-0.2, 0) is 32.2 Å². The van der Waals surface area contributed by atoms with Gasteiger partial charge in [-0.25, -0.2) is 4.98 Å². The lowest BCUT2D eigenvalue weighted by Crippen LogP contribution is -2.31. The van der Waals surface area contributed by atoms with Crippen molar-refractivity contribution in [3.63, 3.8) is 0 Å². The van der Waals surface area contributed by atoms with Crippen molar-refractivity contribution in [3.8, 4) is 11.1 Å². The Kier molecular flexibility index (Phi) is 11.8. The summed E-state index contributed by atoms with van der Waals surface area (Å²) in [6, 6.07) is 30.0. The summed E-state index contributed by atoms with van der Waals surface area (Å²) in [6.07, 6.45) is 3.20. The molecule has 2 heterocycles. The molecule has 3 aromatic carbocycles. The second-order valence-corrected chi connectivity index (χ2v) is 12.1. The molecule has 8 nitrogen and oxygen atoms in total. The van der Waals surface area contributed by atoms with Crippen molar-refractivity contribution in [2.24, 2.45) is 0 Å². The average Bonchev–Trinajstić information content (AvgIpc) is 3.09. The number of aliphatic hydroxyl groups is 1. The maximum atomic E-state index is 12.2. The number of rotatable bonds is 14. The highest BCUT2D eigenvalue weighted by atomic mass is 32.2. The molecule has 1 aliphatic heterocycles. The summed E-state index contributed by atoms with van der Waals surface area (Å²) >= 11 is 1.67. The number of carboxylic acids is 1. The van der Waals surface area contributed by atoms with Crippen molar-refractivity contribution in [3.05, 3.63) is 119 Å². The molecule has 0 spiro atoms. The van der Waals surface area contributed by atoms with Gasteiger partial charge in [0.15, 0.2) is 6.29 Å². The van der Waals surface area contributed by atoms with Crippen molar-refractivity contribution >= 4 is 23.6 Å². The zero-order chi connectivity index (χ0) is 31.4. The fraction of sp³-hybridized carbons (Fsp3) is 0.306. The number of benzene rings is 3. The number of nitrogens with one attached hydrogen (secondary N) is 1. The number of carbonyl (C=O) groups is 2. The normalized spacial score (nSPS) is 17.9. The predicted octanol–water partition coefficient (Wildman–Crippen LogP) is 6.84. The van der Waals surface area contributed by atoms with Crippen LogP contribution < -0.4 is 5.32 Å². The minimum atomic E-state index is -0.840.